The predicted molar refractivity (Wildman–Crippen MR) is 140 cm³/mol. The maximum atomic E-state index is 12.6. The summed E-state index contributed by atoms with van der Waals surface area (Å²) in [5, 5.41) is 23.7. The summed E-state index contributed by atoms with van der Waals surface area (Å²) in [7, 11) is 0. The maximum Gasteiger partial charge on any atom is 0.250 e. The molecule has 1 amide bonds. The van der Waals surface area contributed by atoms with Crippen LogP contribution in [0.15, 0.2) is 83.1 Å². The van der Waals surface area contributed by atoms with Crippen molar-refractivity contribution in [2.75, 3.05) is 5.75 Å². The topological polar surface area (TPSA) is 92.4 Å². The van der Waals surface area contributed by atoms with Gasteiger partial charge in [-0.1, -0.05) is 60.1 Å². The van der Waals surface area contributed by atoms with Crippen LogP contribution in [-0.2, 0) is 4.79 Å². The largest absolute Gasteiger partial charge is 0.508 e. The molecule has 0 aliphatic rings. The number of aryl methyl sites for hydroxylation is 1. The van der Waals surface area contributed by atoms with E-state index in [-0.39, 0.29) is 17.4 Å². The number of benzene rings is 3. The number of hydrogen-bond donors (Lipinski definition) is 2. The van der Waals surface area contributed by atoms with Crippen molar-refractivity contribution in [2.45, 2.75) is 25.4 Å². The third kappa shape index (κ3) is 6.09. The fraction of sp³-hybridized carbons (Fsp3) is 0.154. The fourth-order valence-corrected chi connectivity index (χ4v) is 4.24. The van der Waals surface area contributed by atoms with E-state index in [9.17, 15) is 9.90 Å². The summed E-state index contributed by atoms with van der Waals surface area (Å²) >= 11 is 7.36. The van der Waals surface area contributed by atoms with E-state index < -0.39 is 0 Å². The fourth-order valence-electron chi connectivity index (χ4n) is 3.37. The molecule has 0 spiro atoms. The third-order valence-corrected chi connectivity index (χ3v) is 6.39. The maximum absolute atomic E-state index is 12.6. The highest BCUT2D eigenvalue weighted by molar-refractivity contribution is 7.99. The van der Waals surface area contributed by atoms with E-state index in [1.165, 1.54) is 11.8 Å². The Hall–Kier alpha value is -3.62. The lowest BCUT2D eigenvalue weighted by molar-refractivity contribution is -0.118. The number of halogens is 1. The van der Waals surface area contributed by atoms with Crippen LogP contribution in [0.25, 0.3) is 17.1 Å². The number of nitrogens with zero attached hydrogens (tertiary/aromatic N) is 4. The smallest absolute Gasteiger partial charge is 0.250 e. The number of carbonyl (C=O) groups excluding carboxylic acids is 1. The van der Waals surface area contributed by atoms with Gasteiger partial charge in [0, 0.05) is 16.3 Å². The first kappa shape index (κ1) is 24.5. The summed E-state index contributed by atoms with van der Waals surface area (Å²) in [6.07, 6.45) is 0.628. The van der Waals surface area contributed by atoms with Gasteiger partial charge in [-0.15, -0.1) is 10.2 Å². The Bertz CT molecular complexity index is 1330. The van der Waals surface area contributed by atoms with Crippen LogP contribution in [0, 0.1) is 6.92 Å². The van der Waals surface area contributed by atoms with E-state index in [1.54, 1.807) is 36.4 Å². The standard InChI is InChI=1S/C26H24ClN5O2S/c1-3-23(18-8-14-22(33)15-9-18)28-29-24(34)16-35-26-31-30-25(19-6-4-17(2)5-7-19)32(26)21-12-10-20(27)11-13-21/h4-15,33H,3,16H2,1-2H3,(H,29,34)/b28-23+. The number of hydrogen-bond acceptors (Lipinski definition) is 6. The molecule has 4 rings (SSSR count). The van der Waals surface area contributed by atoms with E-state index in [0.29, 0.717) is 28.1 Å². The summed E-state index contributed by atoms with van der Waals surface area (Å²) in [5.41, 5.74) is 7.08. The third-order valence-electron chi connectivity index (χ3n) is 5.21. The van der Waals surface area contributed by atoms with E-state index in [2.05, 4.69) is 20.7 Å². The molecule has 0 unspecified atom stereocenters. The van der Waals surface area contributed by atoms with Crippen molar-refractivity contribution in [2.24, 2.45) is 5.10 Å². The number of phenols is 1. The van der Waals surface area contributed by atoms with Gasteiger partial charge < -0.3 is 5.11 Å². The van der Waals surface area contributed by atoms with Gasteiger partial charge in [0.15, 0.2) is 11.0 Å². The number of amides is 1. The monoisotopic (exact) mass is 505 g/mol. The zero-order valence-electron chi connectivity index (χ0n) is 19.3. The van der Waals surface area contributed by atoms with Crippen LogP contribution in [-0.4, -0.2) is 37.2 Å². The molecule has 0 radical (unpaired) electrons. The van der Waals surface area contributed by atoms with E-state index in [4.69, 9.17) is 11.6 Å². The zero-order valence-corrected chi connectivity index (χ0v) is 20.8. The summed E-state index contributed by atoms with van der Waals surface area (Å²) in [6.45, 7) is 3.98. The number of hydrazone groups is 1. The summed E-state index contributed by atoms with van der Waals surface area (Å²) in [4.78, 5) is 12.6. The first-order chi connectivity index (χ1) is 16.9. The number of thioether (sulfide) groups is 1. The molecule has 0 saturated carbocycles. The number of rotatable bonds is 8. The molecular weight excluding hydrogens is 482 g/mol. The van der Waals surface area contributed by atoms with Crippen molar-refractivity contribution >= 4 is 35.0 Å². The van der Waals surface area contributed by atoms with Gasteiger partial charge in [0.1, 0.15) is 5.75 Å². The summed E-state index contributed by atoms with van der Waals surface area (Å²) in [6, 6.07) is 22.1. The van der Waals surface area contributed by atoms with Crippen LogP contribution in [0.1, 0.15) is 24.5 Å². The van der Waals surface area contributed by atoms with Gasteiger partial charge in [-0.05, 0) is 67.4 Å². The Morgan fingerprint density at radius 2 is 1.71 bits per heavy atom. The lowest BCUT2D eigenvalue weighted by Gasteiger charge is -2.11. The van der Waals surface area contributed by atoms with Crippen molar-refractivity contribution < 1.29 is 9.90 Å². The van der Waals surface area contributed by atoms with Crippen LogP contribution < -0.4 is 5.43 Å². The average Bonchev–Trinajstić information content (AvgIpc) is 3.29. The Morgan fingerprint density at radius 1 is 1.03 bits per heavy atom. The molecule has 7 nitrogen and oxygen atoms in total. The van der Waals surface area contributed by atoms with Crippen LogP contribution >= 0.6 is 23.4 Å². The summed E-state index contributed by atoms with van der Waals surface area (Å²) in [5.74, 6) is 0.700. The number of aromatic nitrogens is 3. The van der Waals surface area contributed by atoms with Crippen molar-refractivity contribution in [3.05, 3.63) is 88.9 Å². The normalized spacial score (nSPS) is 11.5. The molecule has 35 heavy (non-hydrogen) atoms. The highest BCUT2D eigenvalue weighted by Gasteiger charge is 2.17. The second-order valence-corrected chi connectivity index (χ2v) is 9.15. The molecule has 9 heteroatoms. The molecule has 3 aromatic carbocycles. The molecule has 2 N–H and O–H groups in total. The minimum atomic E-state index is -0.262. The van der Waals surface area contributed by atoms with E-state index in [1.807, 2.05) is 54.8 Å². The lowest BCUT2D eigenvalue weighted by atomic mass is 10.1. The van der Waals surface area contributed by atoms with Gasteiger partial charge in [0.2, 0.25) is 0 Å². The Balaban J connectivity index is 1.53. The van der Waals surface area contributed by atoms with Gasteiger partial charge in [0.25, 0.3) is 5.91 Å². The number of carbonyl (C=O) groups is 1. The molecule has 4 aromatic rings. The second-order valence-electron chi connectivity index (χ2n) is 7.77. The first-order valence-electron chi connectivity index (χ1n) is 11.0. The van der Waals surface area contributed by atoms with Crippen molar-refractivity contribution in [1.82, 2.24) is 20.2 Å². The number of aromatic hydroxyl groups is 1. The van der Waals surface area contributed by atoms with Crippen molar-refractivity contribution in [3.63, 3.8) is 0 Å². The van der Waals surface area contributed by atoms with Crippen LogP contribution in [0.5, 0.6) is 5.75 Å². The van der Waals surface area contributed by atoms with Gasteiger partial charge in [-0.3, -0.25) is 9.36 Å². The quantitative estimate of drug-likeness (QED) is 0.184. The highest BCUT2D eigenvalue weighted by Crippen LogP contribution is 2.28. The SMILES string of the molecule is CC/C(=N\NC(=O)CSc1nnc(-c2ccc(C)cc2)n1-c1ccc(Cl)cc1)c1ccc(O)cc1. The Labute approximate surface area is 212 Å². The minimum Gasteiger partial charge on any atom is -0.508 e. The lowest BCUT2D eigenvalue weighted by Crippen LogP contribution is -2.22. The predicted octanol–water partition coefficient (Wildman–Crippen LogP) is 5.62. The molecule has 0 aliphatic carbocycles. The molecule has 1 heterocycles. The number of nitrogens with one attached hydrogen (secondary N) is 1. The molecule has 0 bridgehead atoms. The average molecular weight is 506 g/mol. The molecule has 178 valence electrons. The van der Waals surface area contributed by atoms with Gasteiger partial charge in [0.05, 0.1) is 11.5 Å². The second kappa shape index (κ2) is 11.2. The van der Waals surface area contributed by atoms with Crippen molar-refractivity contribution in [1.29, 1.82) is 0 Å². The minimum absolute atomic E-state index is 0.107. The molecule has 1 aromatic heterocycles. The zero-order chi connectivity index (χ0) is 24.8. The molecular formula is C26H24ClN5O2S. The van der Waals surface area contributed by atoms with Gasteiger partial charge in [-0.2, -0.15) is 5.10 Å². The summed E-state index contributed by atoms with van der Waals surface area (Å²) < 4.78 is 1.91. The van der Waals surface area contributed by atoms with Gasteiger partial charge in [-0.25, -0.2) is 5.43 Å². The molecule has 0 aliphatic heterocycles. The van der Waals surface area contributed by atoms with Gasteiger partial charge >= 0.3 is 0 Å². The molecule has 0 fully saturated rings. The highest BCUT2D eigenvalue weighted by atomic mass is 35.5. The first-order valence-corrected chi connectivity index (χ1v) is 12.4. The van der Waals surface area contributed by atoms with Crippen LogP contribution in [0.4, 0.5) is 0 Å². The Kier molecular flexibility index (Phi) is 7.84. The molecule has 0 atom stereocenters. The van der Waals surface area contributed by atoms with E-state index in [0.717, 1.165) is 22.4 Å². The van der Waals surface area contributed by atoms with Crippen LogP contribution in [0.2, 0.25) is 5.02 Å². The Morgan fingerprint density at radius 3 is 2.37 bits per heavy atom. The van der Waals surface area contributed by atoms with Crippen molar-refractivity contribution in [3.8, 4) is 22.8 Å². The number of phenolic OH excluding ortho intramolecular Hbond substituents is 1. The molecule has 0 saturated heterocycles. The van der Waals surface area contributed by atoms with Crippen LogP contribution in [0.3, 0.4) is 0 Å². The van der Waals surface area contributed by atoms with E-state index >= 15 is 0 Å².